The van der Waals surface area contributed by atoms with Crippen molar-refractivity contribution in [2.24, 2.45) is 0 Å². The van der Waals surface area contributed by atoms with Crippen LogP contribution in [0.4, 0.5) is 0 Å². The Morgan fingerprint density at radius 1 is 1.00 bits per heavy atom. The van der Waals surface area contributed by atoms with Gasteiger partial charge < -0.3 is 13.8 Å². The van der Waals surface area contributed by atoms with Gasteiger partial charge in [-0.2, -0.15) is 0 Å². The minimum Gasteiger partial charge on any atom is -0.497 e. The summed E-state index contributed by atoms with van der Waals surface area (Å²) in [5.74, 6) is 0.783. The first-order valence-corrected chi connectivity index (χ1v) is 8.68. The average molecular weight is 320 g/mol. The zero-order valence-corrected chi connectivity index (χ0v) is 14.2. The van der Waals surface area contributed by atoms with Gasteiger partial charge in [0.2, 0.25) is 0 Å². The minimum atomic E-state index is -3.12. The first-order valence-electron chi connectivity index (χ1n) is 6.96. The van der Waals surface area contributed by atoms with Gasteiger partial charge in [-0.3, -0.25) is 4.57 Å². The molecule has 2 aromatic carbocycles. The fraction of sp³-hybridized carbons (Fsp3) is 0.294. The Balaban J connectivity index is 2.50. The van der Waals surface area contributed by atoms with Crippen LogP contribution in [0.25, 0.3) is 11.1 Å². The van der Waals surface area contributed by atoms with E-state index in [0.717, 1.165) is 28.0 Å². The molecule has 118 valence electrons. The van der Waals surface area contributed by atoms with Crippen molar-refractivity contribution in [3.63, 3.8) is 0 Å². The number of hydrogen-bond donors (Lipinski definition) is 0. The van der Waals surface area contributed by atoms with Crippen molar-refractivity contribution in [2.75, 3.05) is 21.3 Å². The molecule has 0 unspecified atom stereocenters. The van der Waals surface area contributed by atoms with Crippen molar-refractivity contribution in [2.45, 2.75) is 13.1 Å². The second-order valence-corrected chi connectivity index (χ2v) is 7.30. The van der Waals surface area contributed by atoms with Gasteiger partial charge in [0.05, 0.1) is 13.3 Å². The van der Waals surface area contributed by atoms with Crippen LogP contribution in [-0.2, 0) is 19.8 Å². The quantitative estimate of drug-likeness (QED) is 0.726. The fourth-order valence-electron chi connectivity index (χ4n) is 2.34. The molecule has 0 saturated heterocycles. The maximum Gasteiger partial charge on any atom is 0.334 e. The monoisotopic (exact) mass is 320 g/mol. The second-order valence-electron chi connectivity index (χ2n) is 5.03. The van der Waals surface area contributed by atoms with Gasteiger partial charge in [-0.05, 0) is 35.7 Å². The first-order chi connectivity index (χ1) is 10.5. The van der Waals surface area contributed by atoms with E-state index in [0.29, 0.717) is 0 Å². The van der Waals surface area contributed by atoms with Gasteiger partial charge in [0.25, 0.3) is 0 Å². The van der Waals surface area contributed by atoms with Gasteiger partial charge in [-0.1, -0.05) is 35.9 Å². The van der Waals surface area contributed by atoms with E-state index in [2.05, 4.69) is 0 Å². The van der Waals surface area contributed by atoms with Crippen LogP contribution in [0, 0.1) is 6.92 Å². The van der Waals surface area contributed by atoms with Crippen molar-refractivity contribution in [3.05, 3.63) is 53.6 Å². The standard InChI is InChI=1S/C17H21O4P/c1-13-8-9-17(14-6-5-7-16(11-14)19-2)15(10-13)12-22(18,20-3)21-4/h5-11H,12H2,1-4H3. The third-order valence-corrected chi connectivity index (χ3v) is 5.40. The maximum absolute atomic E-state index is 12.5. The van der Waals surface area contributed by atoms with Crippen molar-refractivity contribution in [1.29, 1.82) is 0 Å². The summed E-state index contributed by atoms with van der Waals surface area (Å²) >= 11 is 0. The third-order valence-electron chi connectivity index (χ3n) is 3.56. The summed E-state index contributed by atoms with van der Waals surface area (Å²) in [4.78, 5) is 0. The van der Waals surface area contributed by atoms with E-state index >= 15 is 0 Å². The van der Waals surface area contributed by atoms with Gasteiger partial charge in [-0.15, -0.1) is 0 Å². The van der Waals surface area contributed by atoms with E-state index < -0.39 is 7.60 Å². The minimum absolute atomic E-state index is 0.230. The SMILES string of the molecule is COc1cccc(-c2ccc(C)cc2CP(=O)(OC)OC)c1. The smallest absolute Gasteiger partial charge is 0.334 e. The zero-order valence-electron chi connectivity index (χ0n) is 13.3. The van der Waals surface area contributed by atoms with Crippen molar-refractivity contribution in [1.82, 2.24) is 0 Å². The zero-order chi connectivity index (χ0) is 16.2. The lowest BCUT2D eigenvalue weighted by atomic mass is 9.98. The molecule has 0 heterocycles. The molecule has 0 amide bonds. The average Bonchev–Trinajstić information content (AvgIpc) is 2.55. The lowest BCUT2D eigenvalue weighted by molar-refractivity contribution is 0.275. The van der Waals surface area contributed by atoms with Crippen LogP contribution >= 0.6 is 7.60 Å². The summed E-state index contributed by atoms with van der Waals surface area (Å²) in [6.07, 6.45) is 0.230. The maximum atomic E-state index is 12.5. The first kappa shape index (κ1) is 16.8. The number of benzene rings is 2. The number of ether oxygens (including phenoxy) is 1. The fourth-order valence-corrected chi connectivity index (χ4v) is 3.42. The summed E-state index contributed by atoms with van der Waals surface area (Å²) in [6, 6.07) is 13.9. The summed E-state index contributed by atoms with van der Waals surface area (Å²) in [7, 11) is 1.33. The molecule has 0 fully saturated rings. The summed E-state index contributed by atoms with van der Waals surface area (Å²) < 4.78 is 27.9. The molecule has 2 aromatic rings. The Labute approximate surface area is 131 Å². The molecule has 5 heteroatoms. The van der Waals surface area contributed by atoms with E-state index in [1.165, 1.54) is 14.2 Å². The molecule has 0 bridgehead atoms. The molecule has 0 atom stereocenters. The van der Waals surface area contributed by atoms with Crippen LogP contribution in [0.3, 0.4) is 0 Å². The number of rotatable bonds is 6. The predicted molar refractivity (Wildman–Crippen MR) is 88.5 cm³/mol. The van der Waals surface area contributed by atoms with Crippen LogP contribution in [-0.4, -0.2) is 21.3 Å². The molecule has 0 saturated carbocycles. The topological polar surface area (TPSA) is 44.8 Å². The molecular formula is C17H21O4P. The Morgan fingerprint density at radius 2 is 1.73 bits per heavy atom. The second kappa shape index (κ2) is 7.10. The van der Waals surface area contributed by atoms with Crippen LogP contribution in [0.2, 0.25) is 0 Å². The highest BCUT2D eigenvalue weighted by atomic mass is 31.2. The van der Waals surface area contributed by atoms with Crippen LogP contribution in [0.5, 0.6) is 5.75 Å². The van der Waals surface area contributed by atoms with Crippen molar-refractivity contribution >= 4 is 7.60 Å². The van der Waals surface area contributed by atoms with E-state index in [9.17, 15) is 4.57 Å². The van der Waals surface area contributed by atoms with Crippen molar-refractivity contribution < 1.29 is 18.3 Å². The predicted octanol–water partition coefficient (Wildman–Crippen LogP) is 4.66. The summed E-state index contributed by atoms with van der Waals surface area (Å²) in [6.45, 7) is 2.00. The highest BCUT2D eigenvalue weighted by molar-refractivity contribution is 7.52. The van der Waals surface area contributed by atoms with Gasteiger partial charge in [0.15, 0.2) is 0 Å². The molecule has 0 aliphatic rings. The van der Waals surface area contributed by atoms with Gasteiger partial charge in [0, 0.05) is 14.2 Å². The molecule has 0 aliphatic heterocycles. The highest BCUT2D eigenvalue weighted by Crippen LogP contribution is 2.51. The third kappa shape index (κ3) is 3.77. The van der Waals surface area contributed by atoms with E-state index in [4.69, 9.17) is 13.8 Å². The summed E-state index contributed by atoms with van der Waals surface area (Å²) in [5, 5.41) is 0. The molecule has 0 aliphatic carbocycles. The number of aryl methyl sites for hydroxylation is 1. The molecule has 0 aromatic heterocycles. The van der Waals surface area contributed by atoms with Gasteiger partial charge in [-0.25, -0.2) is 0 Å². The Bertz CT molecular complexity index is 689. The van der Waals surface area contributed by atoms with Crippen LogP contribution in [0.15, 0.2) is 42.5 Å². The normalized spacial score (nSPS) is 11.5. The molecule has 4 nitrogen and oxygen atoms in total. The molecule has 0 radical (unpaired) electrons. The summed E-state index contributed by atoms with van der Waals surface area (Å²) in [5.41, 5.74) is 4.03. The Hall–Kier alpha value is -1.61. The molecule has 0 N–H and O–H groups in total. The molecule has 2 rings (SSSR count). The van der Waals surface area contributed by atoms with E-state index in [1.807, 2.05) is 49.4 Å². The van der Waals surface area contributed by atoms with Crippen LogP contribution in [0.1, 0.15) is 11.1 Å². The van der Waals surface area contributed by atoms with E-state index in [1.54, 1.807) is 7.11 Å². The number of methoxy groups -OCH3 is 1. The molecular weight excluding hydrogens is 299 g/mol. The molecule has 22 heavy (non-hydrogen) atoms. The lowest BCUT2D eigenvalue weighted by Gasteiger charge is -2.17. The van der Waals surface area contributed by atoms with Crippen LogP contribution < -0.4 is 4.74 Å². The molecule has 0 spiro atoms. The van der Waals surface area contributed by atoms with Gasteiger partial charge in [0.1, 0.15) is 5.75 Å². The number of hydrogen-bond acceptors (Lipinski definition) is 4. The largest absolute Gasteiger partial charge is 0.497 e. The Kier molecular flexibility index (Phi) is 5.41. The van der Waals surface area contributed by atoms with E-state index in [-0.39, 0.29) is 6.16 Å². The lowest BCUT2D eigenvalue weighted by Crippen LogP contribution is -1.97. The van der Waals surface area contributed by atoms with Crippen molar-refractivity contribution in [3.8, 4) is 16.9 Å². The highest BCUT2D eigenvalue weighted by Gasteiger charge is 2.23. The van der Waals surface area contributed by atoms with Gasteiger partial charge >= 0.3 is 7.60 Å². The Morgan fingerprint density at radius 3 is 2.36 bits per heavy atom.